The molecule has 0 unspecified atom stereocenters. The smallest absolute Gasteiger partial charge is 0.198 e. The molecule has 0 aliphatic carbocycles. The molecule has 1 aromatic heterocycles. The van der Waals surface area contributed by atoms with E-state index in [2.05, 4.69) is 29.8 Å². The van der Waals surface area contributed by atoms with Crippen LogP contribution < -0.4 is 0 Å². The van der Waals surface area contributed by atoms with Gasteiger partial charge in [-0.25, -0.2) is 0 Å². The summed E-state index contributed by atoms with van der Waals surface area (Å²) in [5, 5.41) is 0. The Morgan fingerprint density at radius 1 is 1.50 bits per heavy atom. The van der Waals surface area contributed by atoms with Gasteiger partial charge in [-0.15, -0.1) is 0 Å². The first kappa shape index (κ1) is 11.5. The lowest BCUT2D eigenvalue weighted by Crippen LogP contribution is -1.98. The van der Waals surface area contributed by atoms with Crippen molar-refractivity contribution in [1.82, 2.24) is 0 Å². The first-order valence-electron chi connectivity index (χ1n) is 4.88. The minimum Gasteiger partial charge on any atom is -0.446 e. The van der Waals surface area contributed by atoms with Gasteiger partial charge in [0.25, 0.3) is 0 Å². The number of ketones is 1. The second kappa shape index (κ2) is 5.35. The van der Waals surface area contributed by atoms with Crippen molar-refractivity contribution in [1.29, 1.82) is 0 Å². The standard InChI is InChI=1S/C11H15BrO2/c1-8(2)4-3-5-9(13)10-6-7-11(12)14-10/h6-8H,3-5H2,1-2H3. The average Bonchev–Trinajstić information content (AvgIpc) is 2.51. The number of hydrogen-bond acceptors (Lipinski definition) is 2. The number of halogens is 1. The normalized spacial score (nSPS) is 10.9. The van der Waals surface area contributed by atoms with Crippen LogP contribution in [0, 0.1) is 5.92 Å². The number of hydrogen-bond donors (Lipinski definition) is 0. The Kier molecular flexibility index (Phi) is 4.39. The Labute approximate surface area is 92.8 Å². The summed E-state index contributed by atoms with van der Waals surface area (Å²) in [7, 11) is 0. The molecule has 0 spiro atoms. The Morgan fingerprint density at radius 3 is 2.71 bits per heavy atom. The highest BCUT2D eigenvalue weighted by molar-refractivity contribution is 9.10. The molecule has 0 fully saturated rings. The van der Waals surface area contributed by atoms with Crippen LogP contribution in [0.2, 0.25) is 0 Å². The van der Waals surface area contributed by atoms with Crippen LogP contribution >= 0.6 is 15.9 Å². The molecule has 0 amide bonds. The Hall–Kier alpha value is -0.570. The van der Waals surface area contributed by atoms with E-state index < -0.39 is 0 Å². The van der Waals surface area contributed by atoms with E-state index >= 15 is 0 Å². The number of Topliss-reactive ketones (excluding diaryl/α,β-unsaturated/α-hetero) is 1. The van der Waals surface area contributed by atoms with Gasteiger partial charge in [-0.3, -0.25) is 4.79 Å². The van der Waals surface area contributed by atoms with Crippen LogP contribution in [0.25, 0.3) is 0 Å². The van der Waals surface area contributed by atoms with Gasteiger partial charge in [0.2, 0.25) is 0 Å². The lowest BCUT2D eigenvalue weighted by Gasteiger charge is -2.01. The molecule has 0 atom stereocenters. The van der Waals surface area contributed by atoms with E-state index in [-0.39, 0.29) is 5.78 Å². The molecule has 3 heteroatoms. The molecule has 0 aromatic carbocycles. The lowest BCUT2D eigenvalue weighted by molar-refractivity contribution is 0.0950. The lowest BCUT2D eigenvalue weighted by atomic mass is 10.0. The third-order valence-corrected chi connectivity index (χ3v) is 2.46. The topological polar surface area (TPSA) is 30.2 Å². The Morgan fingerprint density at radius 2 is 2.21 bits per heavy atom. The Bertz CT molecular complexity index is 302. The zero-order chi connectivity index (χ0) is 10.6. The van der Waals surface area contributed by atoms with E-state index in [0.717, 1.165) is 12.8 Å². The molecule has 1 heterocycles. The van der Waals surface area contributed by atoms with Gasteiger partial charge in [-0.1, -0.05) is 20.3 Å². The zero-order valence-corrected chi connectivity index (χ0v) is 10.1. The fraction of sp³-hybridized carbons (Fsp3) is 0.545. The molecular formula is C11H15BrO2. The van der Waals surface area contributed by atoms with E-state index in [1.165, 1.54) is 0 Å². The molecule has 1 aromatic rings. The molecule has 0 saturated carbocycles. The van der Waals surface area contributed by atoms with Crippen LogP contribution in [0.4, 0.5) is 0 Å². The molecule has 0 aliphatic rings. The predicted molar refractivity (Wildman–Crippen MR) is 59.4 cm³/mol. The molecule has 0 N–H and O–H groups in total. The molecule has 0 bridgehead atoms. The van der Waals surface area contributed by atoms with Gasteiger partial charge in [0, 0.05) is 6.42 Å². The van der Waals surface area contributed by atoms with Crippen LogP contribution in [0.1, 0.15) is 43.7 Å². The first-order chi connectivity index (χ1) is 6.59. The molecular weight excluding hydrogens is 244 g/mol. The maximum atomic E-state index is 11.5. The van der Waals surface area contributed by atoms with Gasteiger partial charge in [-0.05, 0) is 40.4 Å². The summed E-state index contributed by atoms with van der Waals surface area (Å²) in [5.41, 5.74) is 0. The summed E-state index contributed by atoms with van der Waals surface area (Å²) in [6, 6.07) is 3.46. The van der Waals surface area contributed by atoms with Crippen molar-refractivity contribution in [3.63, 3.8) is 0 Å². The van der Waals surface area contributed by atoms with Gasteiger partial charge >= 0.3 is 0 Å². The van der Waals surface area contributed by atoms with E-state index in [0.29, 0.717) is 22.8 Å². The van der Waals surface area contributed by atoms with Crippen molar-refractivity contribution in [2.24, 2.45) is 5.92 Å². The highest BCUT2D eigenvalue weighted by Gasteiger charge is 2.10. The minimum atomic E-state index is 0.0938. The van der Waals surface area contributed by atoms with Crippen molar-refractivity contribution >= 4 is 21.7 Å². The highest BCUT2D eigenvalue weighted by atomic mass is 79.9. The second-order valence-electron chi connectivity index (χ2n) is 3.81. The SMILES string of the molecule is CC(C)CCCC(=O)c1ccc(Br)o1. The molecule has 1 rings (SSSR count). The average molecular weight is 259 g/mol. The number of carbonyl (C=O) groups is 1. The Balaban J connectivity index is 2.36. The van der Waals surface area contributed by atoms with Gasteiger partial charge in [0.05, 0.1) is 0 Å². The molecule has 14 heavy (non-hydrogen) atoms. The van der Waals surface area contributed by atoms with E-state index in [1.54, 1.807) is 12.1 Å². The van der Waals surface area contributed by atoms with Crippen LogP contribution in [0.3, 0.4) is 0 Å². The molecule has 0 saturated heterocycles. The summed E-state index contributed by atoms with van der Waals surface area (Å²) in [6.07, 6.45) is 2.61. The zero-order valence-electron chi connectivity index (χ0n) is 8.55. The van der Waals surface area contributed by atoms with Crippen LogP contribution in [-0.4, -0.2) is 5.78 Å². The molecule has 2 nitrogen and oxygen atoms in total. The summed E-state index contributed by atoms with van der Waals surface area (Å²) in [5.74, 6) is 1.21. The summed E-state index contributed by atoms with van der Waals surface area (Å²) in [4.78, 5) is 11.5. The van der Waals surface area contributed by atoms with Crippen LogP contribution in [-0.2, 0) is 0 Å². The number of furan rings is 1. The predicted octanol–water partition coefficient (Wildman–Crippen LogP) is 4.05. The van der Waals surface area contributed by atoms with Crippen molar-refractivity contribution in [3.8, 4) is 0 Å². The summed E-state index contributed by atoms with van der Waals surface area (Å²) < 4.78 is 5.79. The second-order valence-corrected chi connectivity index (χ2v) is 4.59. The van der Waals surface area contributed by atoms with Crippen molar-refractivity contribution in [3.05, 3.63) is 22.6 Å². The van der Waals surface area contributed by atoms with Gasteiger partial charge < -0.3 is 4.42 Å². The fourth-order valence-electron chi connectivity index (χ4n) is 1.26. The third-order valence-electron chi connectivity index (χ3n) is 2.03. The number of rotatable bonds is 5. The van der Waals surface area contributed by atoms with Crippen molar-refractivity contribution < 1.29 is 9.21 Å². The maximum Gasteiger partial charge on any atom is 0.198 e. The molecule has 0 radical (unpaired) electrons. The quantitative estimate of drug-likeness (QED) is 0.746. The van der Waals surface area contributed by atoms with E-state index in [1.807, 2.05) is 0 Å². The van der Waals surface area contributed by atoms with Crippen molar-refractivity contribution in [2.75, 3.05) is 0 Å². The molecule has 0 aliphatic heterocycles. The fourth-order valence-corrected chi connectivity index (χ4v) is 1.56. The van der Waals surface area contributed by atoms with Gasteiger partial charge in [0.15, 0.2) is 16.2 Å². The van der Waals surface area contributed by atoms with Crippen LogP contribution in [0.15, 0.2) is 21.2 Å². The summed E-state index contributed by atoms with van der Waals surface area (Å²) in [6.45, 7) is 4.32. The molecule has 78 valence electrons. The number of carbonyl (C=O) groups excluding carboxylic acids is 1. The van der Waals surface area contributed by atoms with Gasteiger partial charge in [0.1, 0.15) is 0 Å². The van der Waals surface area contributed by atoms with Crippen LogP contribution in [0.5, 0.6) is 0 Å². The monoisotopic (exact) mass is 258 g/mol. The third kappa shape index (κ3) is 3.66. The van der Waals surface area contributed by atoms with Gasteiger partial charge in [-0.2, -0.15) is 0 Å². The summed E-state index contributed by atoms with van der Waals surface area (Å²) >= 11 is 3.17. The largest absolute Gasteiger partial charge is 0.446 e. The first-order valence-corrected chi connectivity index (χ1v) is 5.67. The van der Waals surface area contributed by atoms with Crippen molar-refractivity contribution in [2.45, 2.75) is 33.1 Å². The van der Waals surface area contributed by atoms with E-state index in [4.69, 9.17) is 4.42 Å². The van der Waals surface area contributed by atoms with E-state index in [9.17, 15) is 4.79 Å². The highest BCUT2D eigenvalue weighted by Crippen LogP contribution is 2.17. The maximum absolute atomic E-state index is 11.5. The minimum absolute atomic E-state index is 0.0938.